The molecular formula is C9H6ClN5O3. The van der Waals surface area contributed by atoms with E-state index in [1.54, 1.807) is 6.07 Å². The molecule has 0 N–H and O–H groups in total. The van der Waals surface area contributed by atoms with Crippen LogP contribution in [0.15, 0.2) is 29.3 Å². The van der Waals surface area contributed by atoms with Gasteiger partial charge in [-0.15, -0.1) is 5.10 Å². The van der Waals surface area contributed by atoms with Crippen molar-refractivity contribution in [1.82, 2.24) is 19.7 Å². The van der Waals surface area contributed by atoms with Crippen molar-refractivity contribution >= 4 is 17.3 Å². The third-order valence-electron chi connectivity index (χ3n) is 2.07. The van der Waals surface area contributed by atoms with Crippen LogP contribution in [0.1, 0.15) is 5.69 Å². The second-order valence-corrected chi connectivity index (χ2v) is 3.71. The number of nitro groups is 1. The Bertz CT molecular complexity index is 639. The molecule has 8 nitrogen and oxygen atoms in total. The van der Waals surface area contributed by atoms with Gasteiger partial charge in [0.1, 0.15) is 6.20 Å². The van der Waals surface area contributed by atoms with Crippen LogP contribution in [0.5, 0.6) is 0 Å². The first-order valence-electron chi connectivity index (χ1n) is 4.75. The molecule has 0 aliphatic rings. The smallest absolute Gasteiger partial charge is 0.286 e. The number of rotatable bonds is 3. The molecule has 0 unspecified atom stereocenters. The molecule has 92 valence electrons. The zero-order chi connectivity index (χ0) is 13.1. The molecule has 0 spiro atoms. The van der Waals surface area contributed by atoms with Gasteiger partial charge in [0.2, 0.25) is 0 Å². The van der Waals surface area contributed by atoms with Gasteiger partial charge in [-0.3, -0.25) is 14.7 Å². The highest BCUT2D eigenvalue weighted by atomic mass is 35.5. The molecule has 2 heterocycles. The van der Waals surface area contributed by atoms with Gasteiger partial charge in [0.25, 0.3) is 0 Å². The standard InChI is InChI=1S/C9H6ClN5O3/c10-8-2-1-6(12-13-8)4-14-5-7(15(17)18)3-11-9(14)16/h1-3,5H,4H2. The quantitative estimate of drug-likeness (QED) is 0.597. The summed E-state index contributed by atoms with van der Waals surface area (Å²) in [6.45, 7) is 0.0394. The van der Waals surface area contributed by atoms with Crippen molar-refractivity contribution in [2.24, 2.45) is 0 Å². The fourth-order valence-corrected chi connectivity index (χ4v) is 1.35. The zero-order valence-electron chi connectivity index (χ0n) is 8.86. The molecular weight excluding hydrogens is 262 g/mol. The Morgan fingerprint density at radius 3 is 2.78 bits per heavy atom. The van der Waals surface area contributed by atoms with Crippen molar-refractivity contribution in [2.75, 3.05) is 0 Å². The maximum Gasteiger partial charge on any atom is 0.348 e. The first-order chi connectivity index (χ1) is 8.56. The van der Waals surface area contributed by atoms with E-state index in [0.29, 0.717) is 5.69 Å². The minimum absolute atomic E-state index is 0.0394. The number of halogens is 1. The van der Waals surface area contributed by atoms with Gasteiger partial charge < -0.3 is 0 Å². The van der Waals surface area contributed by atoms with E-state index in [2.05, 4.69) is 15.2 Å². The van der Waals surface area contributed by atoms with E-state index in [9.17, 15) is 14.9 Å². The SMILES string of the molecule is O=c1ncc([N+](=O)[O-])cn1Cc1ccc(Cl)nn1. The molecule has 2 aromatic heterocycles. The molecule has 0 atom stereocenters. The molecule has 0 amide bonds. The summed E-state index contributed by atoms with van der Waals surface area (Å²) in [4.78, 5) is 24.8. The summed E-state index contributed by atoms with van der Waals surface area (Å²) in [6.07, 6.45) is 2.01. The molecule has 9 heteroatoms. The van der Waals surface area contributed by atoms with Crippen LogP contribution in [0.25, 0.3) is 0 Å². The summed E-state index contributed by atoms with van der Waals surface area (Å²) < 4.78 is 1.08. The number of hydrogen-bond donors (Lipinski definition) is 0. The average Bonchev–Trinajstić information content (AvgIpc) is 2.34. The largest absolute Gasteiger partial charge is 0.348 e. The third kappa shape index (κ3) is 2.66. The summed E-state index contributed by atoms with van der Waals surface area (Å²) in [5.74, 6) is 0. The number of hydrogen-bond acceptors (Lipinski definition) is 6. The maximum absolute atomic E-state index is 11.4. The van der Waals surface area contributed by atoms with Crippen LogP contribution >= 0.6 is 11.6 Å². The first kappa shape index (κ1) is 12.1. The third-order valence-corrected chi connectivity index (χ3v) is 2.27. The average molecular weight is 268 g/mol. The molecule has 0 radical (unpaired) electrons. The van der Waals surface area contributed by atoms with Crippen molar-refractivity contribution in [1.29, 1.82) is 0 Å². The van der Waals surface area contributed by atoms with Crippen molar-refractivity contribution in [3.8, 4) is 0 Å². The van der Waals surface area contributed by atoms with E-state index in [1.165, 1.54) is 6.07 Å². The van der Waals surface area contributed by atoms with E-state index in [1.807, 2.05) is 0 Å². The second-order valence-electron chi connectivity index (χ2n) is 3.33. The van der Waals surface area contributed by atoms with Crippen LogP contribution in [0, 0.1) is 10.1 Å². The minimum atomic E-state index is -0.628. The van der Waals surface area contributed by atoms with Crippen molar-refractivity contribution in [2.45, 2.75) is 6.54 Å². The van der Waals surface area contributed by atoms with E-state index < -0.39 is 10.6 Å². The summed E-state index contributed by atoms with van der Waals surface area (Å²) in [5.41, 5.74) is -0.419. The van der Waals surface area contributed by atoms with E-state index >= 15 is 0 Å². The Kier molecular flexibility index (Phi) is 3.28. The van der Waals surface area contributed by atoms with Crippen LogP contribution in [-0.4, -0.2) is 24.7 Å². The lowest BCUT2D eigenvalue weighted by atomic mass is 10.4. The van der Waals surface area contributed by atoms with Gasteiger partial charge >= 0.3 is 11.4 Å². The van der Waals surface area contributed by atoms with E-state index in [4.69, 9.17) is 11.6 Å². The Morgan fingerprint density at radius 1 is 1.39 bits per heavy atom. The molecule has 0 fully saturated rings. The van der Waals surface area contributed by atoms with Gasteiger partial charge in [-0.25, -0.2) is 4.79 Å². The second kappa shape index (κ2) is 4.88. The zero-order valence-corrected chi connectivity index (χ0v) is 9.61. The van der Waals surface area contributed by atoms with Crippen molar-refractivity contribution in [3.63, 3.8) is 0 Å². The Labute approximate surface area is 105 Å². The topological polar surface area (TPSA) is 104 Å². The maximum atomic E-state index is 11.4. The fourth-order valence-electron chi connectivity index (χ4n) is 1.25. The number of aromatic nitrogens is 4. The van der Waals surface area contributed by atoms with Gasteiger partial charge in [-0.05, 0) is 12.1 Å². The summed E-state index contributed by atoms with van der Waals surface area (Å²) in [6, 6.07) is 3.08. The molecule has 2 rings (SSSR count). The predicted molar refractivity (Wildman–Crippen MR) is 61.3 cm³/mol. The lowest BCUT2D eigenvalue weighted by molar-refractivity contribution is -0.385. The Morgan fingerprint density at radius 2 is 2.17 bits per heavy atom. The lowest BCUT2D eigenvalue weighted by Crippen LogP contribution is -2.23. The van der Waals surface area contributed by atoms with Gasteiger partial charge in [0.15, 0.2) is 5.15 Å². The molecule has 0 saturated carbocycles. The van der Waals surface area contributed by atoms with Crippen molar-refractivity contribution < 1.29 is 4.92 Å². The van der Waals surface area contributed by atoms with Crippen LogP contribution in [0.4, 0.5) is 5.69 Å². The molecule has 18 heavy (non-hydrogen) atoms. The molecule has 0 aliphatic carbocycles. The highest BCUT2D eigenvalue weighted by Gasteiger charge is 2.09. The van der Waals surface area contributed by atoms with Crippen LogP contribution in [-0.2, 0) is 6.54 Å². The molecule has 0 aromatic carbocycles. The minimum Gasteiger partial charge on any atom is -0.286 e. The van der Waals surface area contributed by atoms with Gasteiger partial charge in [0.05, 0.1) is 23.4 Å². The summed E-state index contributed by atoms with van der Waals surface area (Å²) in [7, 11) is 0. The van der Waals surface area contributed by atoms with Gasteiger partial charge in [-0.1, -0.05) is 11.6 Å². The van der Waals surface area contributed by atoms with Crippen LogP contribution in [0.2, 0.25) is 5.15 Å². The predicted octanol–water partition coefficient (Wildman–Crippen LogP) is 0.643. The molecule has 0 aliphatic heterocycles. The lowest BCUT2D eigenvalue weighted by Gasteiger charge is -2.03. The van der Waals surface area contributed by atoms with Crippen molar-refractivity contribution in [3.05, 3.63) is 56.0 Å². The highest BCUT2D eigenvalue weighted by molar-refractivity contribution is 6.29. The first-order valence-corrected chi connectivity index (χ1v) is 5.13. The van der Waals surface area contributed by atoms with Crippen LogP contribution in [0.3, 0.4) is 0 Å². The van der Waals surface area contributed by atoms with Gasteiger partial charge in [0, 0.05) is 0 Å². The Hall–Kier alpha value is -2.35. The van der Waals surface area contributed by atoms with Gasteiger partial charge in [-0.2, -0.15) is 10.1 Å². The van der Waals surface area contributed by atoms with Crippen LogP contribution < -0.4 is 5.69 Å². The molecule has 0 bridgehead atoms. The number of nitrogens with zero attached hydrogens (tertiary/aromatic N) is 5. The summed E-state index contributed by atoms with van der Waals surface area (Å²) >= 11 is 5.57. The molecule has 2 aromatic rings. The summed E-state index contributed by atoms with van der Waals surface area (Å²) in [5, 5.41) is 18.1. The van der Waals surface area contributed by atoms with E-state index in [-0.39, 0.29) is 17.4 Å². The normalized spacial score (nSPS) is 10.3. The fraction of sp³-hybridized carbons (Fsp3) is 0.111. The monoisotopic (exact) mass is 267 g/mol. The molecule has 0 saturated heterocycles. The Balaban J connectivity index is 2.33. The van der Waals surface area contributed by atoms with E-state index in [0.717, 1.165) is 17.0 Å². The highest BCUT2D eigenvalue weighted by Crippen LogP contribution is 2.07.